The summed E-state index contributed by atoms with van der Waals surface area (Å²) >= 11 is 14.2. The van der Waals surface area contributed by atoms with Crippen LogP contribution in [0.5, 0.6) is 0 Å². The number of aromatic amines is 1. The predicted molar refractivity (Wildman–Crippen MR) is 91.7 cm³/mol. The van der Waals surface area contributed by atoms with Crippen LogP contribution in [-0.2, 0) is 5.41 Å². The summed E-state index contributed by atoms with van der Waals surface area (Å²) < 4.78 is 0.594. The highest BCUT2D eigenvalue weighted by molar-refractivity contribution is 14.1. The van der Waals surface area contributed by atoms with Crippen LogP contribution >= 0.6 is 45.8 Å². The summed E-state index contributed by atoms with van der Waals surface area (Å²) in [6, 6.07) is 5.26. The van der Waals surface area contributed by atoms with Crippen LogP contribution in [0.2, 0.25) is 10.0 Å². The summed E-state index contributed by atoms with van der Waals surface area (Å²) in [5, 5.41) is 0.820. The van der Waals surface area contributed by atoms with Crippen molar-refractivity contribution in [1.82, 2.24) is 9.97 Å². The van der Waals surface area contributed by atoms with Gasteiger partial charge >= 0.3 is 0 Å². The molecule has 0 saturated heterocycles. The van der Waals surface area contributed by atoms with Crippen molar-refractivity contribution in [2.45, 2.75) is 26.2 Å². The molecule has 2 rings (SSSR count). The van der Waals surface area contributed by atoms with Crippen molar-refractivity contribution in [3.8, 4) is 11.4 Å². The first-order valence-electron chi connectivity index (χ1n) is 5.96. The Morgan fingerprint density at radius 1 is 1.25 bits per heavy atom. The average molecular weight is 423 g/mol. The summed E-state index contributed by atoms with van der Waals surface area (Å²) in [4.78, 5) is 19.4. The largest absolute Gasteiger partial charge is 0.306 e. The summed E-state index contributed by atoms with van der Waals surface area (Å²) in [6.45, 7) is 6.04. The number of hydrogen-bond donors (Lipinski definition) is 1. The van der Waals surface area contributed by atoms with Crippen molar-refractivity contribution in [1.29, 1.82) is 0 Å². The Bertz CT molecular complexity index is 720. The number of H-pyrrole nitrogens is 1. The molecule has 0 atom stereocenters. The molecule has 0 bridgehead atoms. The van der Waals surface area contributed by atoms with Crippen LogP contribution in [0.1, 0.15) is 26.5 Å². The first kappa shape index (κ1) is 15.8. The maximum atomic E-state index is 12.1. The highest BCUT2D eigenvalue weighted by Gasteiger charge is 2.23. The quantitative estimate of drug-likeness (QED) is 0.680. The fourth-order valence-electron chi connectivity index (χ4n) is 1.77. The Morgan fingerprint density at radius 2 is 1.90 bits per heavy atom. The minimum absolute atomic E-state index is 0.170. The Kier molecular flexibility index (Phi) is 4.47. The van der Waals surface area contributed by atoms with Crippen molar-refractivity contribution in [3.63, 3.8) is 0 Å². The predicted octanol–water partition coefficient (Wildman–Crippen LogP) is 4.65. The van der Waals surface area contributed by atoms with Crippen LogP contribution in [0, 0.1) is 3.57 Å². The smallest absolute Gasteiger partial charge is 0.264 e. The van der Waals surface area contributed by atoms with Crippen LogP contribution in [0.3, 0.4) is 0 Å². The molecule has 0 radical (unpaired) electrons. The van der Waals surface area contributed by atoms with Gasteiger partial charge < -0.3 is 4.98 Å². The molecule has 1 aromatic carbocycles. The first-order valence-corrected chi connectivity index (χ1v) is 7.80. The highest BCUT2D eigenvalue weighted by Crippen LogP contribution is 2.32. The van der Waals surface area contributed by atoms with E-state index < -0.39 is 0 Å². The van der Waals surface area contributed by atoms with Crippen LogP contribution in [0.4, 0.5) is 0 Å². The van der Waals surface area contributed by atoms with Gasteiger partial charge in [0.2, 0.25) is 0 Å². The molecular formula is C14H13Cl2IN2O. The lowest BCUT2D eigenvalue weighted by atomic mass is 9.92. The molecule has 2 aromatic rings. The molecule has 20 heavy (non-hydrogen) atoms. The van der Waals surface area contributed by atoms with Crippen LogP contribution < -0.4 is 5.56 Å². The van der Waals surface area contributed by atoms with E-state index in [9.17, 15) is 4.79 Å². The van der Waals surface area contributed by atoms with Gasteiger partial charge in [-0.15, -0.1) is 0 Å². The van der Waals surface area contributed by atoms with Gasteiger partial charge in [0.25, 0.3) is 5.56 Å². The second kappa shape index (κ2) is 5.66. The summed E-state index contributed by atoms with van der Waals surface area (Å²) in [7, 11) is 0. The van der Waals surface area contributed by atoms with Crippen molar-refractivity contribution in [2.24, 2.45) is 0 Å². The molecule has 0 fully saturated rings. The fourth-order valence-corrected chi connectivity index (χ4v) is 3.22. The van der Waals surface area contributed by atoms with Gasteiger partial charge in [0.15, 0.2) is 0 Å². The number of nitrogens with one attached hydrogen (secondary N) is 1. The number of aromatic nitrogens is 2. The third-order valence-electron chi connectivity index (χ3n) is 2.78. The second-order valence-electron chi connectivity index (χ2n) is 5.43. The van der Waals surface area contributed by atoms with E-state index in [1.54, 1.807) is 18.2 Å². The Hall–Kier alpha value is -0.590. The lowest BCUT2D eigenvalue weighted by molar-refractivity contribution is 0.562. The van der Waals surface area contributed by atoms with Crippen LogP contribution in [-0.4, -0.2) is 9.97 Å². The van der Waals surface area contributed by atoms with Crippen molar-refractivity contribution >= 4 is 45.8 Å². The number of hydrogen-bond acceptors (Lipinski definition) is 2. The van der Waals surface area contributed by atoms with Gasteiger partial charge in [-0.2, -0.15) is 0 Å². The van der Waals surface area contributed by atoms with E-state index in [1.165, 1.54) is 0 Å². The van der Waals surface area contributed by atoms with Gasteiger partial charge in [0.1, 0.15) is 9.39 Å². The third-order valence-corrected chi connectivity index (χ3v) is 4.60. The van der Waals surface area contributed by atoms with Crippen molar-refractivity contribution < 1.29 is 0 Å². The van der Waals surface area contributed by atoms with E-state index in [0.717, 1.165) is 5.69 Å². The SMILES string of the molecule is CC(C)(C)c1nc(-c2cccc(Cl)c2Cl)[nH]c(=O)c1I. The van der Waals surface area contributed by atoms with Crippen LogP contribution in [0.25, 0.3) is 11.4 Å². The average Bonchev–Trinajstić information content (AvgIpc) is 2.34. The maximum absolute atomic E-state index is 12.1. The molecule has 0 amide bonds. The fraction of sp³-hybridized carbons (Fsp3) is 0.286. The normalized spacial score (nSPS) is 11.7. The molecule has 0 aliphatic carbocycles. The molecule has 106 valence electrons. The van der Waals surface area contributed by atoms with Crippen molar-refractivity contribution in [3.05, 3.63) is 47.9 Å². The molecule has 0 unspecified atom stereocenters. The zero-order valence-corrected chi connectivity index (χ0v) is 14.9. The van der Waals surface area contributed by atoms with Gasteiger partial charge in [-0.05, 0) is 34.7 Å². The molecule has 0 aliphatic rings. The monoisotopic (exact) mass is 422 g/mol. The van der Waals surface area contributed by atoms with Gasteiger partial charge in [-0.1, -0.05) is 50.0 Å². The van der Waals surface area contributed by atoms with E-state index >= 15 is 0 Å². The number of nitrogens with zero attached hydrogens (tertiary/aromatic N) is 1. The van der Waals surface area contributed by atoms with Crippen LogP contribution in [0.15, 0.2) is 23.0 Å². The van der Waals surface area contributed by atoms with Gasteiger partial charge in [-0.25, -0.2) is 4.98 Å². The Morgan fingerprint density at radius 3 is 2.50 bits per heavy atom. The Balaban J connectivity index is 2.74. The molecule has 0 aliphatic heterocycles. The minimum atomic E-state index is -0.232. The number of halogens is 3. The van der Waals surface area contributed by atoms with E-state index in [4.69, 9.17) is 23.2 Å². The van der Waals surface area contributed by atoms with E-state index in [0.29, 0.717) is 25.0 Å². The molecule has 6 heteroatoms. The zero-order chi connectivity index (χ0) is 15.1. The third kappa shape index (κ3) is 3.02. The lowest BCUT2D eigenvalue weighted by Gasteiger charge is -2.20. The van der Waals surface area contributed by atoms with E-state index in [-0.39, 0.29) is 11.0 Å². The molecule has 0 saturated carbocycles. The standard InChI is InChI=1S/C14H13Cl2IN2O/c1-14(2,3)11-10(17)13(20)19-12(18-11)7-5-4-6-8(15)9(7)16/h4-6H,1-3H3,(H,18,19,20). The van der Waals surface area contributed by atoms with E-state index in [1.807, 2.05) is 43.4 Å². The van der Waals surface area contributed by atoms with Gasteiger partial charge in [0, 0.05) is 11.0 Å². The zero-order valence-electron chi connectivity index (χ0n) is 11.2. The first-order chi connectivity index (χ1) is 9.21. The highest BCUT2D eigenvalue weighted by atomic mass is 127. The minimum Gasteiger partial charge on any atom is -0.306 e. The number of rotatable bonds is 1. The van der Waals surface area contributed by atoms with Gasteiger partial charge in [-0.3, -0.25) is 4.79 Å². The van der Waals surface area contributed by atoms with Gasteiger partial charge in [0.05, 0.1) is 15.7 Å². The molecule has 1 aromatic heterocycles. The molecule has 0 spiro atoms. The lowest BCUT2D eigenvalue weighted by Crippen LogP contribution is -2.24. The molecule has 1 N–H and O–H groups in total. The molecule has 3 nitrogen and oxygen atoms in total. The second-order valence-corrected chi connectivity index (χ2v) is 7.29. The summed E-state index contributed by atoms with van der Waals surface area (Å²) in [6.07, 6.45) is 0. The summed E-state index contributed by atoms with van der Waals surface area (Å²) in [5.74, 6) is 0.438. The molecular weight excluding hydrogens is 410 g/mol. The maximum Gasteiger partial charge on any atom is 0.264 e. The number of benzene rings is 1. The van der Waals surface area contributed by atoms with Crippen molar-refractivity contribution in [2.75, 3.05) is 0 Å². The summed E-state index contributed by atoms with van der Waals surface area (Å²) in [5.41, 5.74) is 0.965. The molecule has 1 heterocycles. The topological polar surface area (TPSA) is 45.8 Å². The van der Waals surface area contributed by atoms with E-state index in [2.05, 4.69) is 9.97 Å². The Labute approximate surface area is 140 Å².